The van der Waals surface area contributed by atoms with Gasteiger partial charge in [-0.1, -0.05) is 41.7 Å². The number of carbonyl (C=O) groups is 2. The number of ether oxygens (including phenoxy) is 5. The summed E-state index contributed by atoms with van der Waals surface area (Å²) in [6.07, 6.45) is 1.78. The van der Waals surface area contributed by atoms with Crippen LogP contribution in [0.4, 0.5) is 0 Å². The van der Waals surface area contributed by atoms with E-state index >= 15 is 0 Å². The normalized spacial score (nSPS) is 14.2. The zero-order chi connectivity index (χ0) is 34.2. The summed E-state index contributed by atoms with van der Waals surface area (Å²) in [5, 5.41) is 0. The van der Waals surface area contributed by atoms with Gasteiger partial charge in [-0.3, -0.25) is 9.36 Å². The van der Waals surface area contributed by atoms with E-state index in [-0.39, 0.29) is 24.7 Å². The van der Waals surface area contributed by atoms with E-state index in [9.17, 15) is 14.4 Å². The van der Waals surface area contributed by atoms with Crippen molar-refractivity contribution < 1.29 is 33.3 Å². The van der Waals surface area contributed by atoms with Gasteiger partial charge in [0.15, 0.2) is 16.3 Å². The molecule has 0 saturated carbocycles. The van der Waals surface area contributed by atoms with Crippen molar-refractivity contribution in [3.63, 3.8) is 0 Å². The highest BCUT2D eigenvalue weighted by molar-refractivity contribution is 7.07. The van der Waals surface area contributed by atoms with Gasteiger partial charge >= 0.3 is 11.9 Å². The van der Waals surface area contributed by atoms with Crippen molar-refractivity contribution in [2.75, 3.05) is 26.4 Å². The van der Waals surface area contributed by atoms with Crippen LogP contribution in [0.5, 0.6) is 17.2 Å². The van der Waals surface area contributed by atoms with E-state index in [1.54, 1.807) is 49.6 Å². The van der Waals surface area contributed by atoms with E-state index in [1.165, 1.54) is 11.3 Å². The molecule has 1 aliphatic heterocycles. The van der Waals surface area contributed by atoms with Crippen molar-refractivity contribution in [1.82, 2.24) is 4.57 Å². The van der Waals surface area contributed by atoms with Crippen molar-refractivity contribution in [1.29, 1.82) is 0 Å². The molecular formula is C37H38N2O8S. The number of benzene rings is 3. The molecule has 0 saturated heterocycles. The molecular weight excluding hydrogens is 632 g/mol. The van der Waals surface area contributed by atoms with Crippen LogP contribution in [-0.2, 0) is 20.9 Å². The number of thiazole rings is 1. The Morgan fingerprint density at radius 2 is 1.50 bits per heavy atom. The Hall–Kier alpha value is -5.16. The van der Waals surface area contributed by atoms with Crippen LogP contribution in [0, 0.1) is 0 Å². The Morgan fingerprint density at radius 3 is 2.17 bits per heavy atom. The fraction of sp³-hybridized carbons (Fsp3) is 0.297. The van der Waals surface area contributed by atoms with Crippen LogP contribution in [0.2, 0.25) is 0 Å². The van der Waals surface area contributed by atoms with Crippen LogP contribution in [0.1, 0.15) is 67.7 Å². The molecule has 4 aromatic rings. The highest BCUT2D eigenvalue weighted by Crippen LogP contribution is 2.32. The molecule has 0 fully saturated rings. The summed E-state index contributed by atoms with van der Waals surface area (Å²) in [7, 11) is 0. The lowest BCUT2D eigenvalue weighted by molar-refractivity contribution is -0.139. The van der Waals surface area contributed by atoms with Crippen molar-refractivity contribution in [2.24, 2.45) is 4.99 Å². The molecule has 0 radical (unpaired) electrons. The summed E-state index contributed by atoms with van der Waals surface area (Å²) in [4.78, 5) is 44.3. The summed E-state index contributed by atoms with van der Waals surface area (Å²) in [6, 6.07) is 19.1. The topological polar surface area (TPSA) is 115 Å². The molecule has 0 spiro atoms. The molecule has 10 nitrogen and oxygen atoms in total. The van der Waals surface area contributed by atoms with Crippen LogP contribution in [0.3, 0.4) is 0 Å². The fourth-order valence-electron chi connectivity index (χ4n) is 5.29. The summed E-state index contributed by atoms with van der Waals surface area (Å²) >= 11 is 1.25. The van der Waals surface area contributed by atoms with Crippen molar-refractivity contribution >= 4 is 29.4 Å². The number of allylic oxidation sites excluding steroid dienone is 1. The number of fused-ring (bicyclic) bond motifs is 1. The average molecular weight is 671 g/mol. The van der Waals surface area contributed by atoms with E-state index < -0.39 is 12.0 Å². The van der Waals surface area contributed by atoms with Crippen molar-refractivity contribution in [3.8, 4) is 17.2 Å². The first-order chi connectivity index (χ1) is 23.3. The molecule has 250 valence electrons. The zero-order valence-electron chi connectivity index (χ0n) is 27.6. The predicted octanol–water partition coefficient (Wildman–Crippen LogP) is 5.35. The third-order valence-electron chi connectivity index (χ3n) is 7.45. The van der Waals surface area contributed by atoms with Gasteiger partial charge in [0.05, 0.1) is 53.8 Å². The molecule has 0 N–H and O–H groups in total. The SMILES string of the molecule is CCOC(=O)C1=C(C)N=c2s/c(=C\c3ccc(OCc4ccc(C(=O)OCC)cc4)c(OCC)c3)c(=O)n2[C@@H]1c1ccc(OCC)cc1. The monoisotopic (exact) mass is 670 g/mol. The summed E-state index contributed by atoms with van der Waals surface area (Å²) in [6.45, 7) is 10.8. The first-order valence-electron chi connectivity index (χ1n) is 15.9. The third-order valence-corrected chi connectivity index (χ3v) is 8.43. The second-order valence-electron chi connectivity index (χ2n) is 10.6. The van der Waals surface area contributed by atoms with Gasteiger partial charge in [0.2, 0.25) is 0 Å². The van der Waals surface area contributed by atoms with E-state index in [0.29, 0.717) is 63.2 Å². The maximum atomic E-state index is 14.0. The second kappa shape index (κ2) is 15.6. The maximum Gasteiger partial charge on any atom is 0.338 e. The van der Waals surface area contributed by atoms with E-state index in [1.807, 2.05) is 62.4 Å². The zero-order valence-corrected chi connectivity index (χ0v) is 28.4. The predicted molar refractivity (Wildman–Crippen MR) is 182 cm³/mol. The van der Waals surface area contributed by atoms with Crippen LogP contribution in [0.25, 0.3) is 6.08 Å². The molecule has 0 amide bonds. The Kier molecular flexibility index (Phi) is 11.1. The summed E-state index contributed by atoms with van der Waals surface area (Å²) in [5.74, 6) is 0.869. The van der Waals surface area contributed by atoms with E-state index in [2.05, 4.69) is 4.99 Å². The molecule has 48 heavy (non-hydrogen) atoms. The smallest absolute Gasteiger partial charge is 0.338 e. The van der Waals surface area contributed by atoms with Gasteiger partial charge in [-0.05, 0) is 93.8 Å². The van der Waals surface area contributed by atoms with E-state index in [4.69, 9.17) is 23.7 Å². The molecule has 2 heterocycles. The lowest BCUT2D eigenvalue weighted by atomic mass is 9.96. The number of nitrogens with zero attached hydrogens (tertiary/aromatic N) is 2. The minimum absolute atomic E-state index is 0.194. The highest BCUT2D eigenvalue weighted by atomic mass is 32.1. The quantitative estimate of drug-likeness (QED) is 0.175. The third kappa shape index (κ3) is 7.52. The molecule has 3 aromatic carbocycles. The minimum Gasteiger partial charge on any atom is -0.494 e. The number of hydrogen-bond acceptors (Lipinski definition) is 10. The molecule has 11 heteroatoms. The van der Waals surface area contributed by atoms with Gasteiger partial charge in [0, 0.05) is 0 Å². The second-order valence-corrected chi connectivity index (χ2v) is 11.7. The Balaban J connectivity index is 1.47. The Labute approximate surface area is 282 Å². The lowest BCUT2D eigenvalue weighted by Gasteiger charge is -2.24. The Bertz CT molecular complexity index is 1990. The number of esters is 2. The van der Waals surface area contributed by atoms with Crippen LogP contribution in [0.15, 0.2) is 87.8 Å². The molecule has 0 aliphatic carbocycles. The van der Waals surface area contributed by atoms with Gasteiger partial charge in [-0.25, -0.2) is 14.6 Å². The van der Waals surface area contributed by atoms with Gasteiger partial charge in [0.1, 0.15) is 12.4 Å². The summed E-state index contributed by atoms with van der Waals surface area (Å²) in [5.41, 5.74) is 3.34. The Morgan fingerprint density at radius 1 is 0.812 bits per heavy atom. The van der Waals surface area contributed by atoms with Gasteiger partial charge in [0.25, 0.3) is 5.56 Å². The number of aromatic nitrogens is 1. The standard InChI is InChI=1S/C37H38N2O8S/c1-6-43-28-17-15-26(16-18-28)33-32(36(42)46-9-4)23(5)38-37-39(33)34(40)31(48-37)21-25-12-19-29(30(20-25)44-7-2)47-22-24-10-13-27(14-11-24)35(41)45-8-3/h10-21,33H,6-9,22H2,1-5H3/b31-21-/t33-/m1/s1. The van der Waals surface area contributed by atoms with Gasteiger partial charge in [-0.2, -0.15) is 0 Å². The van der Waals surface area contributed by atoms with E-state index in [0.717, 1.165) is 16.7 Å². The average Bonchev–Trinajstić information content (AvgIpc) is 3.38. The lowest BCUT2D eigenvalue weighted by Crippen LogP contribution is -2.39. The molecule has 5 rings (SSSR count). The maximum absolute atomic E-state index is 14.0. The molecule has 1 aliphatic rings. The fourth-order valence-corrected chi connectivity index (χ4v) is 6.33. The van der Waals surface area contributed by atoms with Crippen molar-refractivity contribution in [3.05, 3.63) is 120 Å². The number of hydrogen-bond donors (Lipinski definition) is 0. The molecule has 1 aromatic heterocycles. The van der Waals surface area contributed by atoms with Crippen LogP contribution < -0.4 is 29.1 Å². The molecule has 0 bridgehead atoms. The summed E-state index contributed by atoms with van der Waals surface area (Å²) < 4.78 is 30.0. The number of rotatable bonds is 13. The number of carbonyl (C=O) groups excluding carboxylic acids is 2. The largest absolute Gasteiger partial charge is 0.494 e. The molecule has 0 unspecified atom stereocenters. The van der Waals surface area contributed by atoms with Crippen LogP contribution in [-0.4, -0.2) is 42.9 Å². The van der Waals surface area contributed by atoms with Gasteiger partial charge in [-0.15, -0.1) is 0 Å². The first-order valence-corrected chi connectivity index (χ1v) is 16.7. The van der Waals surface area contributed by atoms with Crippen molar-refractivity contribution in [2.45, 2.75) is 47.3 Å². The highest BCUT2D eigenvalue weighted by Gasteiger charge is 2.33. The first kappa shape index (κ1) is 34.2. The van der Waals surface area contributed by atoms with Gasteiger partial charge < -0.3 is 23.7 Å². The molecule has 1 atom stereocenters. The minimum atomic E-state index is -0.723. The van der Waals surface area contributed by atoms with Crippen LogP contribution >= 0.6 is 11.3 Å².